The minimum Gasteiger partial charge on any atom is -0.444 e. The largest absolute Gasteiger partial charge is 0.444 e. The summed E-state index contributed by atoms with van der Waals surface area (Å²) < 4.78 is 5.12. The lowest BCUT2D eigenvalue weighted by Gasteiger charge is -2.19. The number of hydrogen-bond donors (Lipinski definition) is 2. The van der Waals surface area contributed by atoms with Gasteiger partial charge in [-0.15, -0.1) is 0 Å². The monoisotopic (exact) mass is 285 g/mol. The highest BCUT2D eigenvalue weighted by atomic mass is 35.5. The highest BCUT2D eigenvalue weighted by Crippen LogP contribution is 2.19. The Morgan fingerprint density at radius 3 is 2.74 bits per heavy atom. The Kier molecular flexibility index (Phi) is 5.42. The number of halogens is 1. The van der Waals surface area contributed by atoms with Crippen molar-refractivity contribution in [3.05, 3.63) is 23.0 Å². The van der Waals surface area contributed by atoms with Crippen LogP contribution in [0.4, 0.5) is 10.5 Å². The molecule has 0 saturated carbocycles. The molecule has 1 aromatic rings. The van der Waals surface area contributed by atoms with Crippen LogP contribution in [-0.4, -0.2) is 29.8 Å². The van der Waals surface area contributed by atoms with E-state index in [2.05, 4.69) is 15.6 Å². The van der Waals surface area contributed by atoms with Crippen LogP contribution in [0.3, 0.4) is 0 Å². The average Bonchev–Trinajstić information content (AvgIpc) is 2.26. The van der Waals surface area contributed by atoms with Gasteiger partial charge < -0.3 is 15.4 Å². The van der Waals surface area contributed by atoms with Gasteiger partial charge in [0.15, 0.2) is 5.15 Å². The van der Waals surface area contributed by atoms with E-state index in [9.17, 15) is 4.79 Å². The molecule has 0 aromatic carbocycles. The van der Waals surface area contributed by atoms with Crippen molar-refractivity contribution in [3.8, 4) is 0 Å². The number of hydrogen-bond acceptors (Lipinski definition) is 4. The topological polar surface area (TPSA) is 63.2 Å². The number of aromatic nitrogens is 1. The summed E-state index contributed by atoms with van der Waals surface area (Å²) in [6.45, 7) is 8.39. The van der Waals surface area contributed by atoms with Crippen LogP contribution in [0.1, 0.15) is 26.3 Å². The van der Waals surface area contributed by atoms with Crippen LogP contribution in [0, 0.1) is 6.92 Å². The van der Waals surface area contributed by atoms with E-state index in [1.165, 1.54) is 0 Å². The molecular weight excluding hydrogens is 266 g/mol. The van der Waals surface area contributed by atoms with E-state index in [1.54, 1.807) is 6.20 Å². The number of carbonyl (C=O) groups is 1. The van der Waals surface area contributed by atoms with Crippen molar-refractivity contribution in [1.82, 2.24) is 10.3 Å². The van der Waals surface area contributed by atoms with E-state index in [0.29, 0.717) is 18.2 Å². The van der Waals surface area contributed by atoms with Crippen LogP contribution in [0.2, 0.25) is 5.15 Å². The zero-order chi connectivity index (χ0) is 14.5. The number of nitrogens with zero attached hydrogens (tertiary/aromatic N) is 1. The molecule has 0 atom stereocenters. The van der Waals surface area contributed by atoms with Crippen LogP contribution in [0.25, 0.3) is 0 Å². The lowest BCUT2D eigenvalue weighted by atomic mass is 10.2. The van der Waals surface area contributed by atoms with E-state index in [0.717, 1.165) is 11.3 Å². The lowest BCUT2D eigenvalue weighted by Crippen LogP contribution is -2.35. The number of amides is 1. The van der Waals surface area contributed by atoms with E-state index in [4.69, 9.17) is 16.3 Å². The number of aryl methyl sites for hydroxylation is 1. The summed E-state index contributed by atoms with van der Waals surface area (Å²) in [5.41, 5.74) is 1.29. The summed E-state index contributed by atoms with van der Waals surface area (Å²) in [6.07, 6.45) is 1.27. The lowest BCUT2D eigenvalue weighted by molar-refractivity contribution is 0.0530. The number of rotatable bonds is 4. The Morgan fingerprint density at radius 2 is 2.11 bits per heavy atom. The zero-order valence-electron chi connectivity index (χ0n) is 11.7. The third-order valence-corrected chi connectivity index (χ3v) is 2.39. The van der Waals surface area contributed by atoms with Crippen molar-refractivity contribution in [2.45, 2.75) is 33.3 Å². The maximum Gasteiger partial charge on any atom is 0.407 e. The van der Waals surface area contributed by atoms with Crippen molar-refractivity contribution >= 4 is 23.4 Å². The molecule has 0 unspecified atom stereocenters. The predicted molar refractivity (Wildman–Crippen MR) is 76.7 cm³/mol. The molecule has 0 saturated heterocycles. The fourth-order valence-electron chi connectivity index (χ4n) is 1.35. The molecule has 0 aliphatic rings. The van der Waals surface area contributed by atoms with Gasteiger partial charge >= 0.3 is 6.09 Å². The molecule has 1 heterocycles. The third kappa shape index (κ3) is 6.29. The molecule has 0 bridgehead atoms. The highest BCUT2D eigenvalue weighted by molar-refractivity contribution is 6.31. The van der Waals surface area contributed by atoms with Crippen LogP contribution in [0.15, 0.2) is 12.3 Å². The fourth-order valence-corrected chi connectivity index (χ4v) is 1.52. The molecule has 0 spiro atoms. The van der Waals surface area contributed by atoms with Crippen molar-refractivity contribution < 1.29 is 9.53 Å². The van der Waals surface area contributed by atoms with Gasteiger partial charge in [0.1, 0.15) is 5.60 Å². The minimum absolute atomic E-state index is 0.419. The quantitative estimate of drug-likeness (QED) is 0.659. The molecule has 0 aliphatic heterocycles. The van der Waals surface area contributed by atoms with Gasteiger partial charge in [0.05, 0.1) is 5.69 Å². The second kappa shape index (κ2) is 6.61. The second-order valence-electron chi connectivity index (χ2n) is 5.21. The zero-order valence-corrected chi connectivity index (χ0v) is 12.5. The summed E-state index contributed by atoms with van der Waals surface area (Å²) in [6, 6.07) is 1.91. The van der Waals surface area contributed by atoms with Gasteiger partial charge in [-0.3, -0.25) is 0 Å². The standard InChI is InChI=1S/C13H20ClN3O2/c1-9-7-10(11(14)17-8-9)15-5-6-16-12(18)19-13(2,3)4/h7-8,15H,5-6H2,1-4H3,(H,16,18). The van der Waals surface area contributed by atoms with Gasteiger partial charge in [-0.25, -0.2) is 9.78 Å². The summed E-state index contributed by atoms with van der Waals surface area (Å²) in [4.78, 5) is 15.4. The molecule has 6 heteroatoms. The molecule has 19 heavy (non-hydrogen) atoms. The minimum atomic E-state index is -0.485. The number of carbonyl (C=O) groups excluding carboxylic acids is 1. The van der Waals surface area contributed by atoms with Crippen LogP contribution >= 0.6 is 11.6 Å². The highest BCUT2D eigenvalue weighted by Gasteiger charge is 2.15. The van der Waals surface area contributed by atoms with Gasteiger partial charge in [-0.05, 0) is 39.3 Å². The first kappa shape index (κ1) is 15.6. The Hall–Kier alpha value is -1.49. The van der Waals surface area contributed by atoms with Crippen LogP contribution in [0.5, 0.6) is 0 Å². The molecular formula is C13H20ClN3O2. The van der Waals surface area contributed by atoms with Gasteiger partial charge in [-0.1, -0.05) is 11.6 Å². The third-order valence-electron chi connectivity index (χ3n) is 2.08. The second-order valence-corrected chi connectivity index (χ2v) is 5.56. The summed E-state index contributed by atoms with van der Waals surface area (Å²) in [5, 5.41) is 6.18. The van der Waals surface area contributed by atoms with Gasteiger partial charge in [0.25, 0.3) is 0 Å². The summed E-state index contributed by atoms with van der Waals surface area (Å²) in [5.74, 6) is 0. The first-order valence-corrected chi connectivity index (χ1v) is 6.48. The Morgan fingerprint density at radius 1 is 1.42 bits per heavy atom. The van der Waals surface area contributed by atoms with E-state index in [-0.39, 0.29) is 0 Å². The normalized spacial score (nSPS) is 11.0. The molecule has 0 fully saturated rings. The van der Waals surface area contributed by atoms with Crippen molar-refractivity contribution in [1.29, 1.82) is 0 Å². The van der Waals surface area contributed by atoms with Crippen LogP contribution in [-0.2, 0) is 4.74 Å². The molecule has 0 aliphatic carbocycles. The molecule has 0 radical (unpaired) electrons. The number of ether oxygens (including phenoxy) is 1. The maximum absolute atomic E-state index is 11.4. The van der Waals surface area contributed by atoms with Gasteiger partial charge in [0, 0.05) is 19.3 Å². The fraction of sp³-hybridized carbons (Fsp3) is 0.538. The average molecular weight is 286 g/mol. The smallest absolute Gasteiger partial charge is 0.407 e. The van der Waals surface area contributed by atoms with Crippen molar-refractivity contribution in [2.24, 2.45) is 0 Å². The first-order chi connectivity index (χ1) is 8.78. The maximum atomic E-state index is 11.4. The molecule has 1 rings (SSSR count). The van der Waals surface area contributed by atoms with Crippen LogP contribution < -0.4 is 10.6 Å². The van der Waals surface area contributed by atoms with Gasteiger partial charge in [-0.2, -0.15) is 0 Å². The predicted octanol–water partition coefficient (Wildman–Crippen LogP) is 2.98. The molecule has 1 amide bonds. The summed E-state index contributed by atoms with van der Waals surface area (Å²) >= 11 is 5.94. The Balaban J connectivity index is 2.31. The molecule has 106 valence electrons. The first-order valence-electron chi connectivity index (χ1n) is 6.11. The van der Waals surface area contributed by atoms with E-state index < -0.39 is 11.7 Å². The number of alkyl carbamates (subject to hydrolysis) is 1. The number of nitrogens with one attached hydrogen (secondary N) is 2. The number of pyridine rings is 1. The number of anilines is 1. The van der Waals surface area contributed by atoms with Gasteiger partial charge in [0.2, 0.25) is 0 Å². The molecule has 1 aromatic heterocycles. The summed E-state index contributed by atoms with van der Waals surface area (Å²) in [7, 11) is 0. The van der Waals surface area contributed by atoms with E-state index >= 15 is 0 Å². The Labute approximate surface area is 118 Å². The molecule has 5 nitrogen and oxygen atoms in total. The van der Waals surface area contributed by atoms with Crippen molar-refractivity contribution in [3.63, 3.8) is 0 Å². The van der Waals surface area contributed by atoms with Crippen molar-refractivity contribution in [2.75, 3.05) is 18.4 Å². The van der Waals surface area contributed by atoms with E-state index in [1.807, 2.05) is 33.8 Å². The Bertz CT molecular complexity index is 444. The SMILES string of the molecule is Cc1cnc(Cl)c(NCCNC(=O)OC(C)(C)C)c1. The molecule has 2 N–H and O–H groups in total.